The Morgan fingerprint density at radius 2 is 1.87 bits per heavy atom. The van der Waals surface area contributed by atoms with Crippen molar-refractivity contribution in [1.82, 2.24) is 0 Å². The number of alkyl halides is 2. The number of hydrogen-bond acceptors (Lipinski definition) is 3. The fraction of sp³-hybridized carbons (Fsp3) is 0.235. The van der Waals surface area contributed by atoms with Crippen LogP contribution in [0.25, 0.3) is 0 Å². The quantitative estimate of drug-likeness (QED) is 0.752. The SMILES string of the molecule is CCOc1ccc(CC(=O)Nc2ccccc2SC(F)F)cc1. The van der Waals surface area contributed by atoms with E-state index in [0.29, 0.717) is 29.0 Å². The lowest BCUT2D eigenvalue weighted by Crippen LogP contribution is -2.15. The summed E-state index contributed by atoms with van der Waals surface area (Å²) >= 11 is 0.416. The predicted molar refractivity (Wildman–Crippen MR) is 88.2 cm³/mol. The second-order valence-corrected chi connectivity index (χ2v) is 5.71. The molecule has 3 nitrogen and oxygen atoms in total. The number of hydrogen-bond donors (Lipinski definition) is 1. The Bertz CT molecular complexity index is 647. The van der Waals surface area contributed by atoms with Gasteiger partial charge in [-0.05, 0) is 36.8 Å². The largest absolute Gasteiger partial charge is 0.494 e. The molecule has 0 saturated carbocycles. The minimum atomic E-state index is -2.53. The zero-order chi connectivity index (χ0) is 16.7. The molecule has 0 atom stereocenters. The number of carbonyl (C=O) groups is 1. The molecule has 0 fully saturated rings. The van der Waals surface area contributed by atoms with E-state index >= 15 is 0 Å². The van der Waals surface area contributed by atoms with Crippen LogP contribution >= 0.6 is 11.8 Å². The predicted octanol–water partition coefficient (Wildman–Crippen LogP) is 4.58. The molecule has 122 valence electrons. The summed E-state index contributed by atoms with van der Waals surface area (Å²) in [5.74, 6) is -2.04. The number of thioether (sulfide) groups is 1. The molecule has 2 rings (SSSR count). The fourth-order valence-corrected chi connectivity index (χ4v) is 2.61. The lowest BCUT2D eigenvalue weighted by molar-refractivity contribution is -0.115. The molecule has 0 unspecified atom stereocenters. The van der Waals surface area contributed by atoms with Gasteiger partial charge in [0.1, 0.15) is 5.75 Å². The number of anilines is 1. The van der Waals surface area contributed by atoms with E-state index in [9.17, 15) is 13.6 Å². The van der Waals surface area contributed by atoms with Crippen molar-refractivity contribution in [3.8, 4) is 5.75 Å². The van der Waals surface area contributed by atoms with E-state index in [1.165, 1.54) is 0 Å². The third-order valence-corrected chi connectivity index (χ3v) is 3.76. The Balaban J connectivity index is 1.99. The first-order valence-electron chi connectivity index (χ1n) is 7.14. The van der Waals surface area contributed by atoms with Crippen LogP contribution in [0.1, 0.15) is 12.5 Å². The summed E-state index contributed by atoms with van der Waals surface area (Å²) in [4.78, 5) is 12.4. The molecule has 0 saturated heterocycles. The van der Waals surface area contributed by atoms with Crippen molar-refractivity contribution in [2.75, 3.05) is 11.9 Å². The van der Waals surface area contributed by atoms with Crippen LogP contribution in [0.5, 0.6) is 5.75 Å². The first kappa shape index (κ1) is 17.3. The number of halogens is 2. The van der Waals surface area contributed by atoms with E-state index in [-0.39, 0.29) is 12.3 Å². The van der Waals surface area contributed by atoms with Gasteiger partial charge in [-0.2, -0.15) is 8.78 Å². The van der Waals surface area contributed by atoms with Crippen LogP contribution in [0.15, 0.2) is 53.4 Å². The van der Waals surface area contributed by atoms with Gasteiger partial charge in [-0.1, -0.05) is 36.0 Å². The summed E-state index contributed by atoms with van der Waals surface area (Å²) in [5.41, 5.74) is 1.22. The average molecular weight is 337 g/mol. The van der Waals surface area contributed by atoms with Crippen molar-refractivity contribution in [1.29, 1.82) is 0 Å². The van der Waals surface area contributed by atoms with Gasteiger partial charge in [0.2, 0.25) is 5.91 Å². The number of benzene rings is 2. The summed E-state index contributed by atoms with van der Waals surface area (Å²) in [6.45, 7) is 2.48. The zero-order valence-electron chi connectivity index (χ0n) is 12.6. The van der Waals surface area contributed by atoms with Crippen molar-refractivity contribution in [3.63, 3.8) is 0 Å². The molecule has 1 N–H and O–H groups in total. The third-order valence-electron chi connectivity index (χ3n) is 2.98. The van der Waals surface area contributed by atoms with E-state index in [2.05, 4.69) is 5.32 Å². The molecule has 0 aliphatic heterocycles. The number of para-hydroxylation sites is 1. The highest BCUT2D eigenvalue weighted by Gasteiger charge is 2.12. The fourth-order valence-electron chi connectivity index (χ4n) is 2.02. The van der Waals surface area contributed by atoms with E-state index < -0.39 is 5.76 Å². The standard InChI is InChI=1S/C17H17F2NO2S/c1-2-22-13-9-7-12(8-10-13)11-16(21)20-14-5-3-4-6-15(14)23-17(18)19/h3-10,17H,2,11H2,1H3,(H,20,21). The molecular weight excluding hydrogens is 320 g/mol. The number of amides is 1. The monoisotopic (exact) mass is 337 g/mol. The maximum atomic E-state index is 12.5. The molecular formula is C17H17F2NO2S. The average Bonchev–Trinajstić information content (AvgIpc) is 2.51. The van der Waals surface area contributed by atoms with Crippen molar-refractivity contribution in [2.24, 2.45) is 0 Å². The van der Waals surface area contributed by atoms with Gasteiger partial charge in [0, 0.05) is 4.90 Å². The molecule has 6 heteroatoms. The molecule has 0 aromatic heterocycles. The molecule has 1 amide bonds. The van der Waals surface area contributed by atoms with Crippen molar-refractivity contribution < 1.29 is 18.3 Å². The van der Waals surface area contributed by atoms with Crippen LogP contribution in [0, 0.1) is 0 Å². The maximum Gasteiger partial charge on any atom is 0.288 e. The summed E-state index contributed by atoms with van der Waals surface area (Å²) < 4.78 is 30.4. The first-order valence-corrected chi connectivity index (χ1v) is 8.02. The van der Waals surface area contributed by atoms with E-state index in [4.69, 9.17) is 4.74 Å². The minimum Gasteiger partial charge on any atom is -0.494 e. The van der Waals surface area contributed by atoms with E-state index in [1.54, 1.807) is 36.4 Å². The molecule has 23 heavy (non-hydrogen) atoms. The summed E-state index contributed by atoms with van der Waals surface area (Å²) in [5, 5.41) is 2.68. The highest BCUT2D eigenvalue weighted by molar-refractivity contribution is 7.99. The molecule has 0 bridgehead atoms. The van der Waals surface area contributed by atoms with Gasteiger partial charge in [0.15, 0.2) is 0 Å². The molecule has 0 radical (unpaired) electrons. The Morgan fingerprint density at radius 3 is 2.52 bits per heavy atom. The van der Waals surface area contributed by atoms with Crippen LogP contribution < -0.4 is 10.1 Å². The van der Waals surface area contributed by atoms with Crippen LogP contribution in [-0.2, 0) is 11.2 Å². The van der Waals surface area contributed by atoms with Crippen molar-refractivity contribution in [2.45, 2.75) is 24.0 Å². The van der Waals surface area contributed by atoms with Gasteiger partial charge in [-0.3, -0.25) is 4.79 Å². The van der Waals surface area contributed by atoms with Crippen LogP contribution in [0.3, 0.4) is 0 Å². The lowest BCUT2D eigenvalue weighted by atomic mass is 10.1. The van der Waals surface area contributed by atoms with Crippen LogP contribution in [0.4, 0.5) is 14.5 Å². The highest BCUT2D eigenvalue weighted by atomic mass is 32.2. The molecule has 0 aliphatic carbocycles. The van der Waals surface area contributed by atoms with E-state index in [1.807, 2.05) is 19.1 Å². The summed E-state index contributed by atoms with van der Waals surface area (Å²) in [6, 6.07) is 13.7. The normalized spacial score (nSPS) is 10.6. The minimum absolute atomic E-state index is 0.167. The lowest BCUT2D eigenvalue weighted by Gasteiger charge is -2.10. The zero-order valence-corrected chi connectivity index (χ0v) is 13.4. The second-order valence-electron chi connectivity index (χ2n) is 4.68. The van der Waals surface area contributed by atoms with Gasteiger partial charge in [-0.15, -0.1) is 0 Å². The molecule has 2 aromatic carbocycles. The number of rotatable bonds is 7. The van der Waals surface area contributed by atoms with Gasteiger partial charge in [0.05, 0.1) is 18.7 Å². The number of ether oxygens (including phenoxy) is 1. The van der Waals surface area contributed by atoms with Gasteiger partial charge >= 0.3 is 0 Å². The smallest absolute Gasteiger partial charge is 0.288 e. The summed E-state index contributed by atoms with van der Waals surface area (Å²) in [7, 11) is 0. The van der Waals surface area contributed by atoms with E-state index in [0.717, 1.165) is 11.3 Å². The summed E-state index contributed by atoms with van der Waals surface area (Å²) in [6.07, 6.45) is 0.167. The molecule has 0 aliphatic rings. The van der Waals surface area contributed by atoms with Crippen molar-refractivity contribution >= 4 is 23.4 Å². The van der Waals surface area contributed by atoms with Crippen molar-refractivity contribution in [3.05, 3.63) is 54.1 Å². The van der Waals surface area contributed by atoms with Crippen LogP contribution in [0.2, 0.25) is 0 Å². The number of nitrogens with one attached hydrogen (secondary N) is 1. The molecule has 0 spiro atoms. The molecule has 2 aromatic rings. The Morgan fingerprint density at radius 1 is 1.17 bits per heavy atom. The van der Waals surface area contributed by atoms with Gasteiger partial charge in [-0.25, -0.2) is 0 Å². The Kier molecular flexibility index (Phi) is 6.40. The Hall–Kier alpha value is -2.08. The highest BCUT2D eigenvalue weighted by Crippen LogP contribution is 2.31. The maximum absolute atomic E-state index is 12.5. The topological polar surface area (TPSA) is 38.3 Å². The van der Waals surface area contributed by atoms with Crippen LogP contribution in [-0.4, -0.2) is 18.3 Å². The second kappa shape index (κ2) is 8.53. The van der Waals surface area contributed by atoms with Gasteiger partial charge in [0.25, 0.3) is 5.76 Å². The Labute approximate surface area is 138 Å². The number of carbonyl (C=O) groups excluding carboxylic acids is 1. The van der Waals surface area contributed by atoms with Gasteiger partial charge < -0.3 is 10.1 Å². The first-order chi connectivity index (χ1) is 11.1. The third kappa shape index (κ3) is 5.56. The molecule has 0 heterocycles.